The number of halogens is 1. The van der Waals surface area contributed by atoms with Crippen molar-refractivity contribution >= 4 is 34.3 Å². The molecule has 0 aliphatic rings. The topological polar surface area (TPSA) is 81.5 Å². The minimum Gasteiger partial charge on any atom is -0.347 e. The predicted octanol–water partition coefficient (Wildman–Crippen LogP) is 1.12. The Bertz CT molecular complexity index is 769. The van der Waals surface area contributed by atoms with E-state index >= 15 is 0 Å². The van der Waals surface area contributed by atoms with Gasteiger partial charge in [0.05, 0.1) is 10.9 Å². The van der Waals surface area contributed by atoms with Gasteiger partial charge in [0, 0.05) is 29.9 Å². The van der Waals surface area contributed by atoms with Crippen LogP contribution in [0.1, 0.15) is 0 Å². The molecular formula is C10H8ClN3O2. The molecule has 0 aromatic carbocycles. The maximum atomic E-state index is 11.6. The van der Waals surface area contributed by atoms with Crippen molar-refractivity contribution in [2.24, 2.45) is 0 Å². The molecule has 0 saturated carbocycles. The molecular weight excluding hydrogens is 230 g/mol. The van der Waals surface area contributed by atoms with E-state index in [4.69, 9.17) is 0 Å². The maximum Gasteiger partial charge on any atom is 0.248 e. The molecule has 0 radical (unpaired) electrons. The first kappa shape index (κ1) is 10.5. The van der Waals surface area contributed by atoms with Crippen molar-refractivity contribution in [1.82, 2.24) is 15.0 Å². The summed E-state index contributed by atoms with van der Waals surface area (Å²) in [6.07, 6.45) is 3.13. The first-order valence-corrected chi connectivity index (χ1v) is 4.47. The third kappa shape index (κ3) is 1.33. The Balaban J connectivity index is 0.000000963. The Kier molecular flexibility index (Phi) is 2.32. The maximum absolute atomic E-state index is 11.6. The van der Waals surface area contributed by atoms with Gasteiger partial charge in [0.25, 0.3) is 0 Å². The van der Waals surface area contributed by atoms with Gasteiger partial charge in [0.2, 0.25) is 5.56 Å². The Morgan fingerprint density at radius 2 is 1.94 bits per heavy atom. The number of hydrogen-bond acceptors (Lipinski definition) is 2. The van der Waals surface area contributed by atoms with Crippen LogP contribution in [0.5, 0.6) is 0 Å². The summed E-state index contributed by atoms with van der Waals surface area (Å²) in [7, 11) is 0. The number of H-pyrrole nitrogens is 3. The highest BCUT2D eigenvalue weighted by Crippen LogP contribution is 2.17. The highest BCUT2D eigenvalue weighted by Gasteiger charge is 2.07. The van der Waals surface area contributed by atoms with E-state index < -0.39 is 0 Å². The van der Waals surface area contributed by atoms with Gasteiger partial charge >= 0.3 is 0 Å². The summed E-state index contributed by atoms with van der Waals surface area (Å²) >= 11 is 0. The molecule has 0 unspecified atom stereocenters. The van der Waals surface area contributed by atoms with Gasteiger partial charge in [-0.25, -0.2) is 0 Å². The van der Waals surface area contributed by atoms with Gasteiger partial charge in [-0.2, -0.15) is 0 Å². The number of pyridine rings is 2. The van der Waals surface area contributed by atoms with Gasteiger partial charge in [0.1, 0.15) is 5.65 Å². The van der Waals surface area contributed by atoms with E-state index in [1.807, 2.05) is 0 Å². The van der Waals surface area contributed by atoms with Gasteiger partial charge in [-0.3, -0.25) is 9.59 Å². The van der Waals surface area contributed by atoms with E-state index in [9.17, 15) is 9.59 Å². The van der Waals surface area contributed by atoms with E-state index in [0.29, 0.717) is 16.4 Å². The fourth-order valence-corrected chi connectivity index (χ4v) is 1.76. The molecule has 3 aromatic heterocycles. The zero-order chi connectivity index (χ0) is 10.4. The lowest BCUT2D eigenvalue weighted by Crippen LogP contribution is -2.02. The van der Waals surface area contributed by atoms with Crippen molar-refractivity contribution in [2.45, 2.75) is 0 Å². The number of nitrogens with one attached hydrogen (secondary N) is 3. The Hall–Kier alpha value is -2.01. The molecule has 3 aromatic rings. The van der Waals surface area contributed by atoms with Crippen molar-refractivity contribution in [3.63, 3.8) is 0 Å². The fraction of sp³-hybridized carbons (Fsp3) is 0. The van der Waals surface area contributed by atoms with Crippen molar-refractivity contribution < 1.29 is 0 Å². The third-order valence-electron chi connectivity index (χ3n) is 2.41. The van der Waals surface area contributed by atoms with Gasteiger partial charge < -0.3 is 15.0 Å². The highest BCUT2D eigenvalue weighted by molar-refractivity contribution is 6.05. The quantitative estimate of drug-likeness (QED) is 0.548. The molecule has 6 heteroatoms. The van der Waals surface area contributed by atoms with Crippen LogP contribution in [0, 0.1) is 0 Å². The SMILES string of the molecule is Cl.O=c1cc2c(c[nH]1)[nH]c1[nH]ccc(=O)c12. The normalized spacial score (nSPS) is 10.5. The average Bonchev–Trinajstić information content (AvgIpc) is 2.57. The largest absolute Gasteiger partial charge is 0.347 e. The summed E-state index contributed by atoms with van der Waals surface area (Å²) in [6.45, 7) is 0. The van der Waals surface area contributed by atoms with Crippen LogP contribution < -0.4 is 11.0 Å². The zero-order valence-electron chi connectivity index (χ0n) is 8.03. The van der Waals surface area contributed by atoms with Gasteiger partial charge in [0.15, 0.2) is 5.43 Å². The van der Waals surface area contributed by atoms with Crippen molar-refractivity contribution in [3.05, 3.63) is 45.1 Å². The molecule has 5 nitrogen and oxygen atoms in total. The monoisotopic (exact) mass is 237 g/mol. The van der Waals surface area contributed by atoms with Crippen LogP contribution in [0.2, 0.25) is 0 Å². The van der Waals surface area contributed by atoms with Crippen molar-refractivity contribution in [3.8, 4) is 0 Å². The summed E-state index contributed by atoms with van der Waals surface area (Å²) in [6, 6.07) is 2.86. The molecule has 16 heavy (non-hydrogen) atoms. The van der Waals surface area contributed by atoms with E-state index in [1.54, 1.807) is 12.4 Å². The van der Waals surface area contributed by atoms with Crippen molar-refractivity contribution in [1.29, 1.82) is 0 Å². The van der Waals surface area contributed by atoms with Crippen LogP contribution in [-0.2, 0) is 0 Å². The van der Waals surface area contributed by atoms with Crippen molar-refractivity contribution in [2.75, 3.05) is 0 Å². The predicted molar refractivity (Wildman–Crippen MR) is 64.3 cm³/mol. The second-order valence-electron chi connectivity index (χ2n) is 3.34. The lowest BCUT2D eigenvalue weighted by atomic mass is 10.2. The number of rotatable bonds is 0. The third-order valence-corrected chi connectivity index (χ3v) is 2.41. The standard InChI is InChI=1S/C10H7N3O2.ClH/c14-7-1-2-11-10-9(7)5-3-8(15)12-4-6(5)13-10;/h1-4H,(H,12,15)(H2,11,13,14);1H. The summed E-state index contributed by atoms with van der Waals surface area (Å²) in [5, 5.41) is 1.18. The lowest BCUT2D eigenvalue weighted by molar-refractivity contribution is 1.25. The number of hydrogen-bond donors (Lipinski definition) is 3. The van der Waals surface area contributed by atoms with Crippen LogP contribution in [0.25, 0.3) is 21.9 Å². The highest BCUT2D eigenvalue weighted by atomic mass is 35.5. The first-order valence-electron chi connectivity index (χ1n) is 4.47. The van der Waals surface area contributed by atoms with Gasteiger partial charge in [-0.1, -0.05) is 0 Å². The second-order valence-corrected chi connectivity index (χ2v) is 3.34. The summed E-state index contributed by atoms with van der Waals surface area (Å²) < 4.78 is 0. The average molecular weight is 238 g/mol. The number of aromatic nitrogens is 3. The number of aromatic amines is 3. The molecule has 0 amide bonds. The molecule has 0 fully saturated rings. The molecule has 0 atom stereocenters. The Morgan fingerprint density at radius 1 is 1.12 bits per heavy atom. The molecule has 0 bridgehead atoms. The second kappa shape index (κ2) is 3.53. The Morgan fingerprint density at radius 3 is 2.75 bits per heavy atom. The van der Waals surface area contributed by atoms with E-state index in [0.717, 1.165) is 5.52 Å². The lowest BCUT2D eigenvalue weighted by Gasteiger charge is -1.87. The van der Waals surface area contributed by atoms with Crippen LogP contribution in [-0.4, -0.2) is 15.0 Å². The number of fused-ring (bicyclic) bond motifs is 3. The van der Waals surface area contributed by atoms with E-state index in [2.05, 4.69) is 15.0 Å². The molecule has 0 aliphatic heterocycles. The summed E-state index contributed by atoms with van der Waals surface area (Å²) in [5.74, 6) is 0. The zero-order valence-corrected chi connectivity index (χ0v) is 8.85. The van der Waals surface area contributed by atoms with Crippen LogP contribution in [0.4, 0.5) is 0 Å². The molecule has 0 aliphatic carbocycles. The molecule has 3 N–H and O–H groups in total. The molecule has 0 spiro atoms. The molecule has 0 saturated heterocycles. The van der Waals surface area contributed by atoms with Crippen LogP contribution in [0.15, 0.2) is 34.1 Å². The molecule has 82 valence electrons. The van der Waals surface area contributed by atoms with Crippen LogP contribution in [0.3, 0.4) is 0 Å². The minimum atomic E-state index is -0.216. The smallest absolute Gasteiger partial charge is 0.248 e. The van der Waals surface area contributed by atoms with Crippen LogP contribution >= 0.6 is 12.4 Å². The summed E-state index contributed by atoms with van der Waals surface area (Å²) in [4.78, 5) is 31.3. The molecule has 3 rings (SSSR count). The minimum absolute atomic E-state index is 0. The first-order chi connectivity index (χ1) is 7.25. The van der Waals surface area contributed by atoms with Gasteiger partial charge in [-0.05, 0) is 0 Å². The summed E-state index contributed by atoms with van der Waals surface area (Å²) in [5.41, 5.74) is 1.06. The van der Waals surface area contributed by atoms with Gasteiger partial charge in [-0.15, -0.1) is 12.4 Å². The Labute approximate surface area is 94.9 Å². The molecule has 3 heterocycles. The fourth-order valence-electron chi connectivity index (χ4n) is 1.76. The van der Waals surface area contributed by atoms with E-state index in [1.165, 1.54) is 12.1 Å². The van der Waals surface area contributed by atoms with E-state index in [-0.39, 0.29) is 23.4 Å².